The minimum absolute atomic E-state index is 0.199. The van der Waals surface area contributed by atoms with Gasteiger partial charge in [0.2, 0.25) is 0 Å². The topological polar surface area (TPSA) is 68.3 Å². The van der Waals surface area contributed by atoms with Crippen LogP contribution < -0.4 is 9.46 Å². The van der Waals surface area contributed by atoms with Crippen LogP contribution in [0.25, 0.3) is 10.9 Å². The highest BCUT2D eigenvalue weighted by Crippen LogP contribution is 2.25. The van der Waals surface area contributed by atoms with E-state index in [-0.39, 0.29) is 10.6 Å². The molecule has 1 N–H and O–H groups in total. The molecule has 1 heterocycles. The fraction of sp³-hybridized carbons (Fsp3) is 0.0625. The number of para-hydroxylation sites is 1. The van der Waals surface area contributed by atoms with Gasteiger partial charge in [-0.2, -0.15) is 0 Å². The monoisotopic (exact) mass is 368 g/mol. The smallest absolute Gasteiger partial charge is 0.406 e. The number of benzene rings is 2. The summed E-state index contributed by atoms with van der Waals surface area (Å²) in [6.45, 7) is 0. The van der Waals surface area contributed by atoms with Gasteiger partial charge in [-0.25, -0.2) is 8.42 Å². The van der Waals surface area contributed by atoms with Crippen molar-refractivity contribution in [1.29, 1.82) is 0 Å². The van der Waals surface area contributed by atoms with Gasteiger partial charge < -0.3 is 4.74 Å². The summed E-state index contributed by atoms with van der Waals surface area (Å²) in [6.07, 6.45) is -3.48. The van der Waals surface area contributed by atoms with E-state index in [1.807, 2.05) is 6.07 Å². The van der Waals surface area contributed by atoms with Gasteiger partial charge in [0.15, 0.2) is 0 Å². The normalized spacial score (nSPS) is 12.1. The Morgan fingerprint density at radius 3 is 2.36 bits per heavy atom. The summed E-state index contributed by atoms with van der Waals surface area (Å²) in [5.41, 5.74) is 0.952. The van der Waals surface area contributed by atoms with Gasteiger partial charge in [-0.15, -0.1) is 13.2 Å². The van der Waals surface area contributed by atoms with Gasteiger partial charge in [-0.1, -0.05) is 18.2 Å². The molecule has 1 aromatic heterocycles. The summed E-state index contributed by atoms with van der Waals surface area (Å²) < 4.78 is 67.1. The molecule has 0 unspecified atom stereocenters. The summed E-state index contributed by atoms with van der Waals surface area (Å²) in [5, 5.41) is 0.747. The molecule has 25 heavy (non-hydrogen) atoms. The second-order valence-electron chi connectivity index (χ2n) is 5.04. The average Bonchev–Trinajstić information content (AvgIpc) is 2.53. The van der Waals surface area contributed by atoms with E-state index in [9.17, 15) is 21.6 Å². The maximum atomic E-state index is 12.3. The Morgan fingerprint density at radius 2 is 1.68 bits per heavy atom. The molecule has 0 saturated carbocycles. The molecular weight excluding hydrogens is 357 g/mol. The third-order valence-electron chi connectivity index (χ3n) is 3.21. The zero-order valence-corrected chi connectivity index (χ0v) is 13.3. The van der Waals surface area contributed by atoms with Crippen LogP contribution in [0.3, 0.4) is 0 Å². The summed E-state index contributed by atoms with van der Waals surface area (Å²) in [7, 11) is -3.97. The van der Waals surface area contributed by atoms with Crippen molar-refractivity contribution in [3.63, 3.8) is 0 Å². The third kappa shape index (κ3) is 4.18. The van der Waals surface area contributed by atoms with E-state index in [4.69, 9.17) is 0 Å². The van der Waals surface area contributed by atoms with E-state index < -0.39 is 22.1 Å². The molecule has 3 rings (SSSR count). The molecule has 5 nitrogen and oxygen atoms in total. The first-order valence-corrected chi connectivity index (χ1v) is 8.45. The lowest BCUT2D eigenvalue weighted by atomic mass is 10.2. The molecule has 2 aromatic carbocycles. The predicted molar refractivity (Wildman–Crippen MR) is 85.7 cm³/mol. The summed E-state index contributed by atoms with van der Waals surface area (Å²) in [6, 6.07) is 12.7. The number of hydrogen-bond donors (Lipinski definition) is 1. The van der Waals surface area contributed by atoms with Crippen molar-refractivity contribution in [2.75, 3.05) is 4.72 Å². The van der Waals surface area contributed by atoms with Crippen LogP contribution in [-0.2, 0) is 10.0 Å². The first-order valence-electron chi connectivity index (χ1n) is 6.96. The van der Waals surface area contributed by atoms with Crippen molar-refractivity contribution in [2.24, 2.45) is 0 Å². The molecule has 0 spiro atoms. The number of nitrogens with one attached hydrogen (secondary N) is 1. The molecule has 0 saturated heterocycles. The van der Waals surface area contributed by atoms with Crippen LogP contribution >= 0.6 is 0 Å². The van der Waals surface area contributed by atoms with Crippen LogP contribution in [0.4, 0.5) is 18.9 Å². The van der Waals surface area contributed by atoms with Crippen molar-refractivity contribution in [3.8, 4) is 5.75 Å². The maximum absolute atomic E-state index is 12.3. The van der Waals surface area contributed by atoms with Crippen molar-refractivity contribution in [3.05, 3.63) is 60.8 Å². The van der Waals surface area contributed by atoms with Crippen LogP contribution in [0.15, 0.2) is 65.7 Å². The number of hydrogen-bond acceptors (Lipinski definition) is 4. The highest BCUT2D eigenvalue weighted by atomic mass is 32.2. The summed E-state index contributed by atoms with van der Waals surface area (Å²) in [5.74, 6) is -0.501. The number of nitrogens with zero attached hydrogens (tertiary/aromatic N) is 1. The largest absolute Gasteiger partial charge is 0.573 e. The Balaban J connectivity index is 1.83. The Labute approximate surface area is 141 Å². The number of pyridine rings is 1. The van der Waals surface area contributed by atoms with Crippen molar-refractivity contribution < 1.29 is 26.3 Å². The number of anilines is 1. The highest BCUT2D eigenvalue weighted by molar-refractivity contribution is 7.92. The van der Waals surface area contributed by atoms with E-state index >= 15 is 0 Å². The zero-order chi connectivity index (χ0) is 18.1. The molecule has 0 aliphatic carbocycles. The number of halogens is 3. The fourth-order valence-corrected chi connectivity index (χ4v) is 3.20. The number of fused-ring (bicyclic) bond motifs is 1. The van der Waals surface area contributed by atoms with E-state index in [1.54, 1.807) is 24.3 Å². The van der Waals surface area contributed by atoms with Gasteiger partial charge in [0.1, 0.15) is 5.75 Å². The number of rotatable bonds is 4. The van der Waals surface area contributed by atoms with Gasteiger partial charge in [0.05, 0.1) is 22.3 Å². The van der Waals surface area contributed by atoms with Crippen LogP contribution in [0.2, 0.25) is 0 Å². The highest BCUT2D eigenvalue weighted by Gasteiger charge is 2.31. The van der Waals surface area contributed by atoms with Crippen LogP contribution in [0.5, 0.6) is 5.75 Å². The minimum atomic E-state index is -4.84. The fourth-order valence-electron chi connectivity index (χ4n) is 2.16. The Morgan fingerprint density at radius 1 is 1.00 bits per heavy atom. The molecule has 130 valence electrons. The van der Waals surface area contributed by atoms with Crippen LogP contribution in [-0.4, -0.2) is 19.8 Å². The number of sulfonamides is 1. The first kappa shape index (κ1) is 17.0. The Kier molecular flexibility index (Phi) is 4.25. The van der Waals surface area contributed by atoms with E-state index in [0.29, 0.717) is 5.52 Å². The standard InChI is InChI=1S/C16H11F3N2O3S/c17-16(18,19)24-13-5-7-14(8-6-13)25(22,23)21-12-9-11-3-1-2-4-15(11)20-10-12/h1-10,21H. The van der Waals surface area contributed by atoms with Gasteiger partial charge in [-0.05, 0) is 36.4 Å². The molecule has 0 bridgehead atoms. The predicted octanol–water partition coefficient (Wildman–Crippen LogP) is 3.93. The molecule has 0 fully saturated rings. The molecular formula is C16H11F3N2O3S. The van der Waals surface area contributed by atoms with E-state index in [1.165, 1.54) is 6.20 Å². The van der Waals surface area contributed by atoms with E-state index in [0.717, 1.165) is 29.7 Å². The molecule has 0 atom stereocenters. The second-order valence-corrected chi connectivity index (χ2v) is 6.72. The molecule has 0 aliphatic rings. The number of aromatic nitrogens is 1. The molecule has 9 heteroatoms. The van der Waals surface area contributed by atoms with E-state index in [2.05, 4.69) is 14.4 Å². The summed E-state index contributed by atoms with van der Waals surface area (Å²) in [4.78, 5) is 3.94. The van der Waals surface area contributed by atoms with Crippen LogP contribution in [0.1, 0.15) is 0 Å². The zero-order valence-electron chi connectivity index (χ0n) is 12.5. The molecule has 0 aliphatic heterocycles. The molecule has 3 aromatic rings. The van der Waals surface area contributed by atoms with Crippen molar-refractivity contribution >= 4 is 26.6 Å². The van der Waals surface area contributed by atoms with Gasteiger partial charge >= 0.3 is 6.36 Å². The number of ether oxygens (including phenoxy) is 1. The van der Waals surface area contributed by atoms with Gasteiger partial charge in [-0.3, -0.25) is 9.71 Å². The molecule has 0 amide bonds. The summed E-state index contributed by atoms with van der Waals surface area (Å²) >= 11 is 0. The van der Waals surface area contributed by atoms with Crippen LogP contribution in [0, 0.1) is 0 Å². The minimum Gasteiger partial charge on any atom is -0.406 e. The third-order valence-corrected chi connectivity index (χ3v) is 4.61. The maximum Gasteiger partial charge on any atom is 0.573 e. The van der Waals surface area contributed by atoms with Gasteiger partial charge in [0, 0.05) is 5.39 Å². The van der Waals surface area contributed by atoms with Crippen molar-refractivity contribution in [2.45, 2.75) is 11.3 Å². The van der Waals surface area contributed by atoms with Gasteiger partial charge in [0.25, 0.3) is 10.0 Å². The molecule has 0 radical (unpaired) electrons. The Bertz CT molecular complexity index is 1000. The average molecular weight is 368 g/mol. The Hall–Kier alpha value is -2.81. The lowest BCUT2D eigenvalue weighted by Crippen LogP contribution is -2.17. The quantitative estimate of drug-likeness (QED) is 0.758. The lowest BCUT2D eigenvalue weighted by molar-refractivity contribution is -0.274. The van der Waals surface area contributed by atoms with Crippen molar-refractivity contribution in [1.82, 2.24) is 4.98 Å². The number of alkyl halides is 3. The lowest BCUT2D eigenvalue weighted by Gasteiger charge is -2.11. The SMILES string of the molecule is O=S(=O)(Nc1cnc2ccccc2c1)c1ccc(OC(F)(F)F)cc1. The first-order chi connectivity index (χ1) is 11.7. The second kappa shape index (κ2) is 6.25.